The van der Waals surface area contributed by atoms with Gasteiger partial charge in [0.1, 0.15) is 17.9 Å². The van der Waals surface area contributed by atoms with Crippen LogP contribution in [0.2, 0.25) is 0 Å². The van der Waals surface area contributed by atoms with Crippen molar-refractivity contribution in [3.05, 3.63) is 54.9 Å². The van der Waals surface area contributed by atoms with Crippen LogP contribution in [0, 0.1) is 0 Å². The Morgan fingerprint density at radius 3 is 2.75 bits per heavy atom. The van der Waals surface area contributed by atoms with Gasteiger partial charge in [-0.15, -0.1) is 0 Å². The van der Waals surface area contributed by atoms with Crippen LogP contribution in [-0.2, 0) is 9.53 Å². The number of rotatable bonds is 7. The van der Waals surface area contributed by atoms with Gasteiger partial charge in [-0.2, -0.15) is 0 Å². The summed E-state index contributed by atoms with van der Waals surface area (Å²) in [6.45, 7) is 1.09. The van der Waals surface area contributed by atoms with E-state index in [0.29, 0.717) is 37.6 Å². The minimum atomic E-state index is -0.623. The Balaban J connectivity index is 1.69. The molecule has 2 heterocycles. The maximum absolute atomic E-state index is 12.8. The van der Waals surface area contributed by atoms with E-state index in [4.69, 9.17) is 9.47 Å². The Hall–Kier alpha value is -3.13. The lowest BCUT2D eigenvalue weighted by atomic mass is 10.2. The summed E-state index contributed by atoms with van der Waals surface area (Å²) < 4.78 is 10.9. The van der Waals surface area contributed by atoms with Crippen molar-refractivity contribution in [1.82, 2.24) is 15.2 Å². The molecule has 8 heteroatoms. The first kappa shape index (κ1) is 19.6. The molecule has 0 saturated carbocycles. The smallest absolute Gasteiger partial charge is 0.322 e. The quantitative estimate of drug-likeness (QED) is 0.712. The topological polar surface area (TPSA) is 92.8 Å². The van der Waals surface area contributed by atoms with E-state index < -0.39 is 6.04 Å². The number of nitrogens with one attached hydrogen (secondary N) is 2. The number of pyridine rings is 1. The molecular formula is C20H24N4O4. The highest BCUT2D eigenvalue weighted by atomic mass is 16.5. The normalized spacial score (nSPS) is 18.5. The van der Waals surface area contributed by atoms with Gasteiger partial charge in [0.2, 0.25) is 5.91 Å². The number of anilines is 1. The molecular weight excluding hydrogens is 360 g/mol. The fourth-order valence-electron chi connectivity index (χ4n) is 3.08. The number of hydrogen-bond acceptors (Lipinski definition) is 5. The van der Waals surface area contributed by atoms with Crippen LogP contribution in [-0.4, -0.2) is 60.8 Å². The van der Waals surface area contributed by atoms with E-state index in [1.807, 2.05) is 18.2 Å². The second-order valence-electron chi connectivity index (χ2n) is 6.41. The van der Waals surface area contributed by atoms with Gasteiger partial charge in [-0.1, -0.05) is 18.2 Å². The molecule has 2 aromatic rings. The minimum absolute atomic E-state index is 0.224. The van der Waals surface area contributed by atoms with E-state index in [-0.39, 0.29) is 18.0 Å². The summed E-state index contributed by atoms with van der Waals surface area (Å²) in [7, 11) is 1.57. The number of likely N-dealkylation sites (tertiary alicyclic amines) is 1. The number of para-hydroxylation sites is 1. The standard InChI is InChI=1S/C20H24N4O4/c1-27-11-10-22-19(25)18-12-17(28-16-8-5-9-21-13-16)14-24(18)20(26)23-15-6-3-2-4-7-15/h2-9,13,17-18H,10-12,14H2,1H3,(H,22,25)(H,23,26)/t17-,18+/m0/s1. The van der Waals surface area contributed by atoms with Crippen molar-refractivity contribution < 1.29 is 19.1 Å². The number of ether oxygens (including phenoxy) is 2. The van der Waals surface area contributed by atoms with Crippen LogP contribution in [0.25, 0.3) is 0 Å². The third kappa shape index (κ3) is 5.20. The van der Waals surface area contributed by atoms with Crippen LogP contribution in [0.1, 0.15) is 6.42 Å². The van der Waals surface area contributed by atoms with Gasteiger partial charge in [0, 0.05) is 32.0 Å². The number of urea groups is 1. The molecule has 2 atom stereocenters. The number of nitrogens with zero attached hydrogens (tertiary/aromatic N) is 2. The van der Waals surface area contributed by atoms with Crippen molar-refractivity contribution in [2.24, 2.45) is 0 Å². The number of carbonyl (C=O) groups is 2. The molecule has 1 saturated heterocycles. The molecule has 1 aliphatic heterocycles. The molecule has 8 nitrogen and oxygen atoms in total. The Bertz CT molecular complexity index is 772. The van der Waals surface area contributed by atoms with Crippen molar-refractivity contribution in [3.8, 4) is 5.75 Å². The summed E-state index contributed by atoms with van der Waals surface area (Å²) in [6.07, 6.45) is 3.37. The highest BCUT2D eigenvalue weighted by molar-refractivity contribution is 5.94. The molecule has 3 amide bonds. The first-order chi connectivity index (χ1) is 13.7. The minimum Gasteiger partial charge on any atom is -0.487 e. The number of hydrogen-bond donors (Lipinski definition) is 2. The number of amides is 3. The van der Waals surface area contributed by atoms with Crippen molar-refractivity contribution >= 4 is 17.6 Å². The highest BCUT2D eigenvalue weighted by Gasteiger charge is 2.40. The van der Waals surface area contributed by atoms with Crippen molar-refractivity contribution in [3.63, 3.8) is 0 Å². The molecule has 1 aromatic heterocycles. The zero-order valence-corrected chi connectivity index (χ0v) is 15.7. The van der Waals surface area contributed by atoms with Gasteiger partial charge in [-0.3, -0.25) is 9.78 Å². The van der Waals surface area contributed by atoms with E-state index in [1.165, 1.54) is 4.90 Å². The Morgan fingerprint density at radius 1 is 1.21 bits per heavy atom. The molecule has 1 fully saturated rings. The largest absolute Gasteiger partial charge is 0.487 e. The van der Waals surface area contributed by atoms with Gasteiger partial charge in [-0.25, -0.2) is 4.79 Å². The Kier molecular flexibility index (Phi) is 6.80. The predicted octanol–water partition coefficient (Wildman–Crippen LogP) is 1.90. The lowest BCUT2D eigenvalue weighted by Crippen LogP contribution is -2.48. The highest BCUT2D eigenvalue weighted by Crippen LogP contribution is 2.24. The van der Waals surface area contributed by atoms with Crippen molar-refractivity contribution in [1.29, 1.82) is 0 Å². The Morgan fingerprint density at radius 2 is 2.04 bits per heavy atom. The molecule has 1 aliphatic rings. The maximum Gasteiger partial charge on any atom is 0.322 e. The summed E-state index contributed by atoms with van der Waals surface area (Å²) in [5.74, 6) is 0.383. The van der Waals surface area contributed by atoms with E-state index >= 15 is 0 Å². The number of aromatic nitrogens is 1. The summed E-state index contributed by atoms with van der Waals surface area (Å²) >= 11 is 0. The van der Waals surface area contributed by atoms with Crippen LogP contribution >= 0.6 is 0 Å². The molecule has 0 spiro atoms. The second-order valence-corrected chi connectivity index (χ2v) is 6.41. The number of methoxy groups -OCH3 is 1. The molecule has 1 aromatic carbocycles. The van der Waals surface area contributed by atoms with Crippen molar-refractivity contribution in [2.75, 3.05) is 32.1 Å². The van der Waals surface area contributed by atoms with Gasteiger partial charge < -0.3 is 25.0 Å². The average Bonchev–Trinajstić information content (AvgIpc) is 3.14. The first-order valence-electron chi connectivity index (χ1n) is 9.13. The fraction of sp³-hybridized carbons (Fsp3) is 0.350. The predicted molar refractivity (Wildman–Crippen MR) is 104 cm³/mol. The zero-order chi connectivity index (χ0) is 19.8. The van der Waals surface area contributed by atoms with E-state index in [0.717, 1.165) is 0 Å². The van der Waals surface area contributed by atoms with Gasteiger partial charge >= 0.3 is 6.03 Å². The van der Waals surface area contributed by atoms with Crippen LogP contribution in [0.4, 0.5) is 10.5 Å². The SMILES string of the molecule is COCCNC(=O)[C@H]1C[C@H](Oc2cccnc2)CN1C(=O)Nc1ccccc1. The monoisotopic (exact) mass is 384 g/mol. The zero-order valence-electron chi connectivity index (χ0n) is 15.7. The van der Waals surface area contributed by atoms with Gasteiger partial charge in [0.15, 0.2) is 0 Å². The van der Waals surface area contributed by atoms with Gasteiger partial charge in [0.25, 0.3) is 0 Å². The lowest BCUT2D eigenvalue weighted by Gasteiger charge is -2.23. The van der Waals surface area contributed by atoms with Crippen LogP contribution in [0.5, 0.6) is 5.75 Å². The molecule has 0 radical (unpaired) electrons. The molecule has 148 valence electrons. The molecule has 28 heavy (non-hydrogen) atoms. The van der Waals surface area contributed by atoms with E-state index in [2.05, 4.69) is 15.6 Å². The molecule has 0 aliphatic carbocycles. The van der Waals surface area contributed by atoms with E-state index in [9.17, 15) is 9.59 Å². The Labute approximate surface area is 163 Å². The van der Waals surface area contributed by atoms with Gasteiger partial charge in [-0.05, 0) is 24.3 Å². The summed E-state index contributed by atoms with van der Waals surface area (Å²) in [6, 6.07) is 11.8. The molecule has 3 rings (SSSR count). The third-order valence-corrected chi connectivity index (χ3v) is 4.39. The van der Waals surface area contributed by atoms with Crippen LogP contribution in [0.3, 0.4) is 0 Å². The van der Waals surface area contributed by atoms with Crippen LogP contribution < -0.4 is 15.4 Å². The fourth-order valence-corrected chi connectivity index (χ4v) is 3.08. The number of carbonyl (C=O) groups excluding carboxylic acids is 2. The first-order valence-corrected chi connectivity index (χ1v) is 9.13. The van der Waals surface area contributed by atoms with Gasteiger partial charge in [0.05, 0.1) is 19.3 Å². The second kappa shape index (κ2) is 9.70. The van der Waals surface area contributed by atoms with Crippen LogP contribution in [0.15, 0.2) is 54.9 Å². The lowest BCUT2D eigenvalue weighted by molar-refractivity contribution is -0.124. The molecule has 2 N–H and O–H groups in total. The average molecular weight is 384 g/mol. The number of benzene rings is 1. The molecule has 0 unspecified atom stereocenters. The van der Waals surface area contributed by atoms with Crippen molar-refractivity contribution in [2.45, 2.75) is 18.6 Å². The third-order valence-electron chi connectivity index (χ3n) is 4.39. The van der Waals surface area contributed by atoms with E-state index in [1.54, 1.807) is 43.8 Å². The summed E-state index contributed by atoms with van der Waals surface area (Å²) in [5, 5.41) is 5.64. The maximum atomic E-state index is 12.8. The summed E-state index contributed by atoms with van der Waals surface area (Å²) in [5.41, 5.74) is 0.669. The summed E-state index contributed by atoms with van der Waals surface area (Å²) in [4.78, 5) is 31.0. The molecule has 0 bridgehead atoms.